The quantitative estimate of drug-likeness (QED) is 0.695. The number of amides is 1. The molecule has 0 unspecified atom stereocenters. The molecule has 1 fully saturated rings. The van der Waals surface area contributed by atoms with Gasteiger partial charge in [-0.2, -0.15) is 0 Å². The first-order chi connectivity index (χ1) is 15.6. The Morgan fingerprint density at radius 2 is 1.97 bits per heavy atom. The van der Waals surface area contributed by atoms with Crippen molar-refractivity contribution in [2.45, 2.75) is 52.7 Å². The van der Waals surface area contributed by atoms with Crippen molar-refractivity contribution in [3.63, 3.8) is 0 Å². The summed E-state index contributed by atoms with van der Waals surface area (Å²) in [6, 6.07) is 3.38. The second kappa shape index (κ2) is 10.0. The molecule has 0 bridgehead atoms. The standard InChI is InChI=1S/C23H31N5O5/c1-6-15-14-27(22(31)33-23(3,4)5)11-12-28(15)19-18(21(29)30)26-17(13-25-19)16-9-8-10-24-20(16)32-7-2/h8-10,13,15H,6-7,11-12,14H2,1-5H3,(H,29,30)/t15-/m1/s1. The average Bonchev–Trinajstić information content (AvgIpc) is 2.77. The Labute approximate surface area is 193 Å². The number of carboxylic acids is 1. The minimum Gasteiger partial charge on any atom is -0.477 e. The van der Waals surface area contributed by atoms with Gasteiger partial charge >= 0.3 is 12.1 Å². The fourth-order valence-corrected chi connectivity index (χ4v) is 3.68. The zero-order valence-corrected chi connectivity index (χ0v) is 19.7. The summed E-state index contributed by atoms with van der Waals surface area (Å²) in [5.41, 5.74) is 0.208. The largest absolute Gasteiger partial charge is 0.477 e. The third-order valence-corrected chi connectivity index (χ3v) is 5.16. The lowest BCUT2D eigenvalue weighted by atomic mass is 10.1. The third-order valence-electron chi connectivity index (χ3n) is 5.16. The van der Waals surface area contributed by atoms with Crippen molar-refractivity contribution in [1.82, 2.24) is 19.9 Å². The third kappa shape index (κ3) is 5.68. The summed E-state index contributed by atoms with van der Waals surface area (Å²) in [4.78, 5) is 41.3. The van der Waals surface area contributed by atoms with E-state index in [-0.39, 0.29) is 23.6 Å². The van der Waals surface area contributed by atoms with Crippen LogP contribution in [0.2, 0.25) is 0 Å². The van der Waals surface area contributed by atoms with Crippen LogP contribution in [-0.2, 0) is 4.74 Å². The van der Waals surface area contributed by atoms with Crippen molar-refractivity contribution in [1.29, 1.82) is 0 Å². The Morgan fingerprint density at radius 3 is 2.61 bits per heavy atom. The number of anilines is 1. The van der Waals surface area contributed by atoms with Gasteiger partial charge in [0.15, 0.2) is 11.5 Å². The van der Waals surface area contributed by atoms with Crippen molar-refractivity contribution in [3.8, 4) is 17.1 Å². The van der Waals surface area contributed by atoms with E-state index in [4.69, 9.17) is 9.47 Å². The molecular formula is C23H31N5O5. The number of hydrogen-bond donors (Lipinski definition) is 1. The van der Waals surface area contributed by atoms with E-state index < -0.39 is 11.6 Å². The first-order valence-electron chi connectivity index (χ1n) is 11.1. The van der Waals surface area contributed by atoms with Gasteiger partial charge in [0.05, 0.1) is 24.1 Å². The molecule has 10 nitrogen and oxygen atoms in total. The van der Waals surface area contributed by atoms with Gasteiger partial charge in [-0.3, -0.25) is 0 Å². The van der Waals surface area contributed by atoms with Crippen LogP contribution in [-0.4, -0.2) is 74.9 Å². The predicted octanol–water partition coefficient (Wildman–Crippen LogP) is 3.47. The van der Waals surface area contributed by atoms with E-state index in [1.165, 1.54) is 6.20 Å². The van der Waals surface area contributed by atoms with Crippen molar-refractivity contribution >= 4 is 17.9 Å². The SMILES string of the molecule is CCOc1ncccc1-c1cnc(N2CCN(C(=O)OC(C)(C)C)C[C@H]2CC)c(C(=O)O)n1. The zero-order chi connectivity index (χ0) is 24.2. The fraction of sp³-hybridized carbons (Fsp3) is 0.522. The predicted molar refractivity (Wildman–Crippen MR) is 123 cm³/mol. The monoisotopic (exact) mass is 457 g/mol. The van der Waals surface area contributed by atoms with Crippen molar-refractivity contribution in [3.05, 3.63) is 30.2 Å². The van der Waals surface area contributed by atoms with Crippen LogP contribution in [0.3, 0.4) is 0 Å². The lowest BCUT2D eigenvalue weighted by molar-refractivity contribution is 0.0212. The van der Waals surface area contributed by atoms with Gasteiger partial charge in [-0.1, -0.05) is 6.92 Å². The van der Waals surface area contributed by atoms with Crippen LogP contribution in [0, 0.1) is 0 Å². The van der Waals surface area contributed by atoms with Crippen molar-refractivity contribution in [2.24, 2.45) is 0 Å². The molecule has 0 aromatic carbocycles. The number of ether oxygens (including phenoxy) is 2. The van der Waals surface area contributed by atoms with Gasteiger partial charge in [-0.05, 0) is 46.2 Å². The van der Waals surface area contributed by atoms with Crippen LogP contribution in [0.1, 0.15) is 51.5 Å². The molecule has 1 aliphatic heterocycles. The van der Waals surface area contributed by atoms with Crippen molar-refractivity contribution < 1.29 is 24.2 Å². The van der Waals surface area contributed by atoms with Crippen LogP contribution >= 0.6 is 0 Å². The molecule has 0 spiro atoms. The summed E-state index contributed by atoms with van der Waals surface area (Å²) >= 11 is 0. The summed E-state index contributed by atoms with van der Waals surface area (Å²) in [7, 11) is 0. The zero-order valence-electron chi connectivity index (χ0n) is 19.7. The van der Waals surface area contributed by atoms with E-state index in [1.807, 2.05) is 39.5 Å². The molecule has 2 aromatic rings. The number of aromatic nitrogens is 3. The topological polar surface area (TPSA) is 118 Å². The van der Waals surface area contributed by atoms with Crippen molar-refractivity contribution in [2.75, 3.05) is 31.1 Å². The number of carbonyl (C=O) groups excluding carboxylic acids is 1. The Hall–Kier alpha value is -3.43. The summed E-state index contributed by atoms with van der Waals surface area (Å²) in [5.74, 6) is -0.523. The minimum absolute atomic E-state index is 0.123. The van der Waals surface area contributed by atoms with Gasteiger partial charge < -0.3 is 24.4 Å². The van der Waals surface area contributed by atoms with Crippen LogP contribution in [0.4, 0.5) is 10.6 Å². The lowest BCUT2D eigenvalue weighted by Gasteiger charge is -2.42. The molecule has 0 saturated carbocycles. The molecule has 1 atom stereocenters. The molecule has 1 aliphatic rings. The summed E-state index contributed by atoms with van der Waals surface area (Å²) in [6.07, 6.45) is 3.46. The number of rotatable bonds is 6. The molecule has 1 N–H and O–H groups in total. The van der Waals surface area contributed by atoms with Gasteiger partial charge in [-0.15, -0.1) is 0 Å². The Morgan fingerprint density at radius 1 is 1.21 bits per heavy atom. The van der Waals surface area contributed by atoms with Gasteiger partial charge in [0.25, 0.3) is 0 Å². The van der Waals surface area contributed by atoms with Crippen LogP contribution in [0.5, 0.6) is 5.88 Å². The number of hydrogen-bond acceptors (Lipinski definition) is 8. The molecule has 10 heteroatoms. The Balaban J connectivity index is 1.90. The first-order valence-corrected chi connectivity index (χ1v) is 11.1. The number of aromatic carboxylic acids is 1. The van der Waals surface area contributed by atoms with Gasteiger partial charge in [0.2, 0.25) is 5.88 Å². The number of pyridine rings is 1. The molecular weight excluding hydrogens is 426 g/mol. The highest BCUT2D eigenvalue weighted by molar-refractivity contribution is 5.92. The number of carboxylic acid groups (broad SMARTS) is 1. The second-order valence-corrected chi connectivity index (χ2v) is 8.70. The lowest BCUT2D eigenvalue weighted by Crippen LogP contribution is -2.56. The molecule has 33 heavy (non-hydrogen) atoms. The molecule has 1 saturated heterocycles. The highest BCUT2D eigenvalue weighted by Crippen LogP contribution is 2.30. The fourth-order valence-electron chi connectivity index (χ4n) is 3.68. The maximum atomic E-state index is 12.5. The average molecular weight is 458 g/mol. The summed E-state index contributed by atoms with van der Waals surface area (Å²) < 4.78 is 11.1. The van der Waals surface area contributed by atoms with Crippen LogP contribution < -0.4 is 9.64 Å². The molecule has 2 aromatic heterocycles. The Kier molecular flexibility index (Phi) is 7.35. The van der Waals surface area contributed by atoms with Crippen LogP contribution in [0.15, 0.2) is 24.5 Å². The van der Waals surface area contributed by atoms with Gasteiger partial charge in [-0.25, -0.2) is 24.5 Å². The van der Waals surface area contributed by atoms with E-state index in [0.29, 0.717) is 49.8 Å². The van der Waals surface area contributed by atoms with E-state index in [1.54, 1.807) is 23.2 Å². The number of nitrogens with zero attached hydrogens (tertiary/aromatic N) is 5. The number of carbonyl (C=O) groups is 2. The Bertz CT molecular complexity index is 1010. The molecule has 3 rings (SSSR count). The van der Waals surface area contributed by atoms with Crippen LogP contribution in [0.25, 0.3) is 11.3 Å². The summed E-state index contributed by atoms with van der Waals surface area (Å²) in [5, 5.41) is 9.91. The normalized spacial score (nSPS) is 16.5. The highest BCUT2D eigenvalue weighted by atomic mass is 16.6. The first kappa shape index (κ1) is 24.2. The minimum atomic E-state index is -1.18. The maximum absolute atomic E-state index is 12.5. The maximum Gasteiger partial charge on any atom is 0.410 e. The second-order valence-electron chi connectivity index (χ2n) is 8.70. The molecule has 0 aliphatic carbocycles. The highest BCUT2D eigenvalue weighted by Gasteiger charge is 2.34. The number of piperazine rings is 1. The van der Waals surface area contributed by atoms with E-state index in [9.17, 15) is 14.7 Å². The molecule has 1 amide bonds. The van der Waals surface area contributed by atoms with E-state index in [2.05, 4.69) is 15.0 Å². The van der Waals surface area contributed by atoms with Gasteiger partial charge in [0, 0.05) is 31.9 Å². The molecule has 0 radical (unpaired) electrons. The van der Waals surface area contributed by atoms with E-state index in [0.717, 1.165) is 0 Å². The van der Waals surface area contributed by atoms with Gasteiger partial charge in [0.1, 0.15) is 5.60 Å². The smallest absolute Gasteiger partial charge is 0.410 e. The summed E-state index contributed by atoms with van der Waals surface area (Å²) in [6.45, 7) is 11.0. The van der Waals surface area contributed by atoms with E-state index >= 15 is 0 Å². The molecule has 178 valence electrons. The molecule has 3 heterocycles.